The summed E-state index contributed by atoms with van der Waals surface area (Å²) in [6.45, 7) is 4.40. The zero-order valence-electron chi connectivity index (χ0n) is 23.8. The number of rotatable bonds is 4. The predicted molar refractivity (Wildman–Crippen MR) is 160 cm³/mol. The van der Waals surface area contributed by atoms with Gasteiger partial charge in [0.2, 0.25) is 0 Å². The SMILES string of the molecule is COC(=O)c1ccc(-c2ccc3c(c2C)CCC3)cc1.COC(=O)c1ccc(-c2ccc3c(c2C)CCC3)cc1. The third kappa shape index (κ3) is 5.44. The van der Waals surface area contributed by atoms with Crippen LogP contribution < -0.4 is 0 Å². The molecular weight excluding hydrogens is 496 g/mol. The van der Waals surface area contributed by atoms with E-state index in [0.717, 1.165) is 11.1 Å². The number of methoxy groups -OCH3 is 2. The maximum atomic E-state index is 11.5. The number of benzene rings is 4. The van der Waals surface area contributed by atoms with Gasteiger partial charge >= 0.3 is 11.9 Å². The molecule has 0 amide bonds. The Labute approximate surface area is 237 Å². The van der Waals surface area contributed by atoms with Crippen molar-refractivity contribution < 1.29 is 19.1 Å². The second-order valence-corrected chi connectivity index (χ2v) is 10.6. The summed E-state index contributed by atoms with van der Waals surface area (Å²) >= 11 is 0. The van der Waals surface area contributed by atoms with E-state index in [0.29, 0.717) is 11.1 Å². The number of hydrogen-bond acceptors (Lipinski definition) is 4. The molecule has 4 nitrogen and oxygen atoms in total. The molecule has 2 aliphatic carbocycles. The first kappa shape index (κ1) is 27.4. The summed E-state index contributed by atoms with van der Waals surface area (Å²) in [5, 5.41) is 0. The van der Waals surface area contributed by atoms with Crippen molar-refractivity contribution in [1.29, 1.82) is 0 Å². The van der Waals surface area contributed by atoms with Crippen LogP contribution in [-0.4, -0.2) is 26.2 Å². The van der Waals surface area contributed by atoms with Gasteiger partial charge in [-0.1, -0.05) is 48.5 Å². The van der Waals surface area contributed by atoms with Crippen molar-refractivity contribution in [3.63, 3.8) is 0 Å². The Hall–Kier alpha value is -4.18. The molecule has 204 valence electrons. The molecule has 0 saturated heterocycles. The minimum Gasteiger partial charge on any atom is -0.465 e. The van der Waals surface area contributed by atoms with Crippen LogP contribution in [0.4, 0.5) is 0 Å². The van der Waals surface area contributed by atoms with Crippen LogP contribution in [0.2, 0.25) is 0 Å². The topological polar surface area (TPSA) is 52.6 Å². The fraction of sp³-hybridized carbons (Fsp3) is 0.278. The summed E-state index contributed by atoms with van der Waals surface area (Å²) in [5.74, 6) is -0.579. The largest absolute Gasteiger partial charge is 0.465 e. The Kier molecular flexibility index (Phi) is 8.16. The van der Waals surface area contributed by atoms with Crippen molar-refractivity contribution in [2.24, 2.45) is 0 Å². The number of carbonyl (C=O) groups is 2. The van der Waals surface area contributed by atoms with E-state index in [1.165, 1.54) is 97.3 Å². The normalized spacial score (nSPS) is 13.1. The highest BCUT2D eigenvalue weighted by atomic mass is 16.5. The second-order valence-electron chi connectivity index (χ2n) is 10.6. The van der Waals surface area contributed by atoms with E-state index in [4.69, 9.17) is 9.47 Å². The van der Waals surface area contributed by atoms with E-state index in [9.17, 15) is 9.59 Å². The average molecular weight is 533 g/mol. The van der Waals surface area contributed by atoms with Crippen molar-refractivity contribution in [2.45, 2.75) is 52.4 Å². The molecule has 0 aliphatic heterocycles. The summed E-state index contributed by atoms with van der Waals surface area (Å²) in [7, 11) is 2.81. The Morgan fingerprint density at radius 3 is 1.25 bits per heavy atom. The molecule has 0 bridgehead atoms. The molecular formula is C36H36O4. The van der Waals surface area contributed by atoms with Crippen molar-refractivity contribution in [3.8, 4) is 22.3 Å². The maximum Gasteiger partial charge on any atom is 0.337 e. The first-order chi connectivity index (χ1) is 19.4. The minimum absolute atomic E-state index is 0.290. The van der Waals surface area contributed by atoms with E-state index in [2.05, 4.69) is 38.1 Å². The van der Waals surface area contributed by atoms with Gasteiger partial charge in [0.25, 0.3) is 0 Å². The van der Waals surface area contributed by atoms with Gasteiger partial charge in [0.05, 0.1) is 25.3 Å². The van der Waals surface area contributed by atoms with Crippen LogP contribution in [0.15, 0.2) is 72.8 Å². The van der Waals surface area contributed by atoms with Crippen LogP contribution in [0, 0.1) is 13.8 Å². The number of fused-ring (bicyclic) bond motifs is 2. The van der Waals surface area contributed by atoms with E-state index in [-0.39, 0.29) is 11.9 Å². The highest BCUT2D eigenvalue weighted by Crippen LogP contribution is 2.34. The van der Waals surface area contributed by atoms with Gasteiger partial charge in [0.1, 0.15) is 0 Å². The zero-order valence-corrected chi connectivity index (χ0v) is 23.8. The Morgan fingerprint density at radius 1 is 0.525 bits per heavy atom. The van der Waals surface area contributed by atoms with Crippen LogP contribution >= 0.6 is 0 Å². The summed E-state index contributed by atoms with van der Waals surface area (Å²) in [5.41, 5.74) is 14.8. The van der Waals surface area contributed by atoms with Crippen molar-refractivity contribution in [3.05, 3.63) is 117 Å². The average Bonchev–Trinajstić information content (AvgIpc) is 3.68. The van der Waals surface area contributed by atoms with E-state index >= 15 is 0 Å². The molecule has 6 rings (SSSR count). The van der Waals surface area contributed by atoms with Gasteiger partial charge in [0, 0.05) is 0 Å². The fourth-order valence-electron chi connectivity index (χ4n) is 6.13. The van der Waals surface area contributed by atoms with Gasteiger partial charge in [-0.15, -0.1) is 0 Å². The zero-order chi connectivity index (χ0) is 28.2. The number of aryl methyl sites for hydroxylation is 2. The molecule has 4 aromatic carbocycles. The van der Waals surface area contributed by atoms with Crippen LogP contribution in [0.3, 0.4) is 0 Å². The van der Waals surface area contributed by atoms with Gasteiger partial charge in [0.15, 0.2) is 0 Å². The molecule has 0 fully saturated rings. The lowest BCUT2D eigenvalue weighted by molar-refractivity contribution is 0.0592. The minimum atomic E-state index is -0.290. The summed E-state index contributed by atoms with van der Waals surface area (Å²) in [6.07, 6.45) is 7.32. The molecule has 2 aliphatic rings. The van der Waals surface area contributed by atoms with E-state index in [1.54, 1.807) is 0 Å². The van der Waals surface area contributed by atoms with Gasteiger partial charge in [-0.25, -0.2) is 9.59 Å². The second kappa shape index (κ2) is 11.9. The third-order valence-electron chi connectivity index (χ3n) is 8.37. The summed E-state index contributed by atoms with van der Waals surface area (Å²) in [4.78, 5) is 22.9. The van der Waals surface area contributed by atoms with Crippen LogP contribution in [0.25, 0.3) is 22.3 Å². The third-order valence-corrected chi connectivity index (χ3v) is 8.37. The highest BCUT2D eigenvalue weighted by Gasteiger charge is 2.17. The molecule has 4 heteroatoms. The van der Waals surface area contributed by atoms with Crippen molar-refractivity contribution in [1.82, 2.24) is 0 Å². The lowest BCUT2D eigenvalue weighted by Gasteiger charge is -2.11. The van der Waals surface area contributed by atoms with E-state index < -0.39 is 0 Å². The van der Waals surface area contributed by atoms with Crippen molar-refractivity contribution >= 4 is 11.9 Å². The predicted octanol–water partition coefficient (Wildman–Crippen LogP) is 7.87. The maximum absolute atomic E-state index is 11.5. The molecule has 40 heavy (non-hydrogen) atoms. The molecule has 0 radical (unpaired) electrons. The molecule has 0 atom stereocenters. The number of carbonyl (C=O) groups excluding carboxylic acids is 2. The highest BCUT2D eigenvalue weighted by molar-refractivity contribution is 5.90. The monoisotopic (exact) mass is 532 g/mol. The number of hydrogen-bond donors (Lipinski definition) is 0. The first-order valence-electron chi connectivity index (χ1n) is 14.0. The van der Waals surface area contributed by atoms with Gasteiger partial charge < -0.3 is 9.47 Å². The lowest BCUT2D eigenvalue weighted by atomic mass is 9.93. The van der Waals surface area contributed by atoms with E-state index in [1.807, 2.05) is 48.5 Å². The Balaban J connectivity index is 0.000000161. The molecule has 0 aromatic heterocycles. The summed E-state index contributed by atoms with van der Waals surface area (Å²) < 4.78 is 9.45. The van der Waals surface area contributed by atoms with Crippen LogP contribution in [0.5, 0.6) is 0 Å². The molecule has 4 aromatic rings. The molecule has 0 saturated carbocycles. The van der Waals surface area contributed by atoms with Gasteiger partial charge in [-0.3, -0.25) is 0 Å². The molecule has 0 N–H and O–H groups in total. The summed E-state index contributed by atoms with van der Waals surface area (Å²) in [6, 6.07) is 24.2. The smallest absolute Gasteiger partial charge is 0.337 e. The molecule has 0 unspecified atom stereocenters. The van der Waals surface area contributed by atoms with Gasteiger partial charge in [-0.2, -0.15) is 0 Å². The Morgan fingerprint density at radius 2 is 0.900 bits per heavy atom. The van der Waals surface area contributed by atoms with Gasteiger partial charge in [-0.05, 0) is 132 Å². The molecule has 0 heterocycles. The number of ether oxygens (including phenoxy) is 2. The first-order valence-corrected chi connectivity index (χ1v) is 14.0. The molecule has 0 spiro atoms. The van der Waals surface area contributed by atoms with Crippen molar-refractivity contribution in [2.75, 3.05) is 14.2 Å². The fourth-order valence-corrected chi connectivity index (χ4v) is 6.13. The number of esters is 2. The van der Waals surface area contributed by atoms with Crippen LogP contribution in [0.1, 0.15) is 66.9 Å². The van der Waals surface area contributed by atoms with Crippen LogP contribution in [-0.2, 0) is 35.2 Å². The standard InChI is InChI=1S/2C18H18O2/c2*1-12-16-5-3-4-13(16)10-11-17(12)14-6-8-15(9-7-14)18(19)20-2/h2*6-11H,3-5H2,1-2H3. The quantitative estimate of drug-likeness (QED) is 0.251. The Bertz CT molecular complexity index is 1430. The lowest BCUT2D eigenvalue weighted by Crippen LogP contribution is -2.00.